The van der Waals surface area contributed by atoms with E-state index in [2.05, 4.69) is 5.32 Å². The topological polar surface area (TPSA) is 67.9 Å². The van der Waals surface area contributed by atoms with E-state index in [4.69, 9.17) is 9.47 Å². The lowest BCUT2D eigenvalue weighted by Crippen LogP contribution is -2.43. The number of benzene rings is 2. The molecule has 1 saturated heterocycles. The van der Waals surface area contributed by atoms with Crippen molar-refractivity contribution in [3.63, 3.8) is 0 Å². The second kappa shape index (κ2) is 9.96. The molecule has 1 aliphatic rings. The first-order valence-electron chi connectivity index (χ1n) is 9.95. The average molecular weight is 396 g/mol. The lowest BCUT2D eigenvalue weighted by atomic mass is 9.95. The third kappa shape index (κ3) is 5.28. The maximum Gasteiger partial charge on any atom is 0.257 e. The Kier molecular flexibility index (Phi) is 7.11. The van der Waals surface area contributed by atoms with E-state index in [0.29, 0.717) is 43.8 Å². The number of nitrogens with one attached hydrogen (secondary N) is 1. The molecule has 0 atom stereocenters. The minimum absolute atomic E-state index is 0.0423. The lowest BCUT2D eigenvalue weighted by Gasteiger charge is -2.31. The fourth-order valence-corrected chi connectivity index (χ4v) is 3.64. The van der Waals surface area contributed by atoms with Gasteiger partial charge in [-0.3, -0.25) is 9.59 Å². The molecule has 1 fully saturated rings. The number of carbonyl (C=O) groups excluding carboxylic acids is 2. The molecule has 2 aromatic carbocycles. The highest BCUT2D eigenvalue weighted by Gasteiger charge is 2.28. The van der Waals surface area contributed by atoms with Gasteiger partial charge in [-0.2, -0.15) is 0 Å². The van der Waals surface area contributed by atoms with Crippen LogP contribution in [0.25, 0.3) is 0 Å². The van der Waals surface area contributed by atoms with Crippen LogP contribution in [0.5, 0.6) is 11.5 Å². The van der Waals surface area contributed by atoms with Crippen molar-refractivity contribution in [3.05, 3.63) is 59.7 Å². The number of nitrogens with zero attached hydrogens (tertiary/aromatic N) is 1. The Labute approximate surface area is 171 Å². The zero-order valence-electron chi connectivity index (χ0n) is 17.0. The first-order chi connectivity index (χ1) is 14.1. The number of para-hydroxylation sites is 1. The van der Waals surface area contributed by atoms with Crippen molar-refractivity contribution < 1.29 is 19.1 Å². The number of likely N-dealkylation sites (tertiary alicyclic amines) is 1. The van der Waals surface area contributed by atoms with Crippen LogP contribution in [0.3, 0.4) is 0 Å². The molecule has 2 aromatic rings. The summed E-state index contributed by atoms with van der Waals surface area (Å²) in [6, 6.07) is 15.1. The molecule has 0 spiro atoms. The molecular weight excluding hydrogens is 368 g/mol. The van der Waals surface area contributed by atoms with E-state index in [0.717, 1.165) is 17.7 Å². The first kappa shape index (κ1) is 20.7. The minimum Gasteiger partial charge on any atom is -0.497 e. The van der Waals surface area contributed by atoms with Crippen LogP contribution in [0.4, 0.5) is 0 Å². The zero-order chi connectivity index (χ0) is 20.6. The predicted octanol–water partition coefficient (Wildman–Crippen LogP) is 2.91. The molecule has 1 heterocycles. The molecule has 0 radical (unpaired) electrons. The Morgan fingerprint density at radius 2 is 1.79 bits per heavy atom. The second-order valence-corrected chi connectivity index (χ2v) is 7.16. The number of rotatable bonds is 7. The highest BCUT2D eigenvalue weighted by molar-refractivity contribution is 5.97. The number of hydrogen-bond donors (Lipinski definition) is 1. The van der Waals surface area contributed by atoms with Crippen molar-refractivity contribution in [2.75, 3.05) is 33.9 Å². The average Bonchev–Trinajstić information content (AvgIpc) is 2.78. The number of carbonyl (C=O) groups is 2. The summed E-state index contributed by atoms with van der Waals surface area (Å²) in [6.07, 6.45) is 2.10. The summed E-state index contributed by atoms with van der Waals surface area (Å²) >= 11 is 0. The highest BCUT2D eigenvalue weighted by atomic mass is 16.5. The quantitative estimate of drug-likeness (QED) is 0.781. The molecule has 6 nitrogen and oxygen atoms in total. The summed E-state index contributed by atoms with van der Waals surface area (Å²) < 4.78 is 10.5. The van der Waals surface area contributed by atoms with Gasteiger partial charge in [0.1, 0.15) is 11.5 Å². The van der Waals surface area contributed by atoms with Crippen molar-refractivity contribution in [1.29, 1.82) is 0 Å². The molecule has 0 saturated carbocycles. The zero-order valence-corrected chi connectivity index (χ0v) is 17.0. The summed E-state index contributed by atoms with van der Waals surface area (Å²) in [5.41, 5.74) is 1.69. The molecule has 154 valence electrons. The predicted molar refractivity (Wildman–Crippen MR) is 111 cm³/mol. The van der Waals surface area contributed by atoms with Gasteiger partial charge in [-0.05, 0) is 49.1 Å². The fourth-order valence-electron chi connectivity index (χ4n) is 3.64. The van der Waals surface area contributed by atoms with Crippen molar-refractivity contribution in [3.8, 4) is 11.5 Å². The molecule has 2 amide bonds. The van der Waals surface area contributed by atoms with E-state index in [1.54, 1.807) is 31.3 Å². The first-order valence-corrected chi connectivity index (χ1v) is 9.95. The SMILES string of the molecule is COc1cccc(CCNC(=O)C2CCN(C(=O)c3ccccc3OC)CC2)c1. The van der Waals surface area contributed by atoms with Gasteiger partial charge in [0.15, 0.2) is 0 Å². The number of amides is 2. The van der Waals surface area contributed by atoms with Gasteiger partial charge < -0.3 is 19.7 Å². The maximum atomic E-state index is 12.8. The Balaban J connectivity index is 1.46. The van der Waals surface area contributed by atoms with Crippen LogP contribution in [-0.4, -0.2) is 50.6 Å². The van der Waals surface area contributed by atoms with E-state index in [1.807, 2.05) is 36.4 Å². The summed E-state index contributed by atoms with van der Waals surface area (Å²) in [4.78, 5) is 27.1. The summed E-state index contributed by atoms with van der Waals surface area (Å²) in [6.45, 7) is 1.74. The van der Waals surface area contributed by atoms with Crippen LogP contribution < -0.4 is 14.8 Å². The van der Waals surface area contributed by atoms with E-state index >= 15 is 0 Å². The Hall–Kier alpha value is -3.02. The molecule has 1 N–H and O–H groups in total. The number of methoxy groups -OCH3 is 2. The van der Waals surface area contributed by atoms with Crippen molar-refractivity contribution in [1.82, 2.24) is 10.2 Å². The third-order valence-corrected chi connectivity index (χ3v) is 5.34. The smallest absolute Gasteiger partial charge is 0.257 e. The van der Waals surface area contributed by atoms with Crippen LogP contribution >= 0.6 is 0 Å². The van der Waals surface area contributed by atoms with Gasteiger partial charge in [0.25, 0.3) is 5.91 Å². The Morgan fingerprint density at radius 1 is 1.03 bits per heavy atom. The van der Waals surface area contributed by atoms with E-state index < -0.39 is 0 Å². The van der Waals surface area contributed by atoms with E-state index in [1.165, 1.54) is 0 Å². The lowest BCUT2D eigenvalue weighted by molar-refractivity contribution is -0.126. The van der Waals surface area contributed by atoms with Crippen LogP contribution in [0.15, 0.2) is 48.5 Å². The molecule has 29 heavy (non-hydrogen) atoms. The molecule has 0 aliphatic carbocycles. The maximum absolute atomic E-state index is 12.8. The van der Waals surface area contributed by atoms with Crippen molar-refractivity contribution in [2.24, 2.45) is 5.92 Å². The third-order valence-electron chi connectivity index (χ3n) is 5.34. The molecule has 0 aromatic heterocycles. The summed E-state index contributed by atoms with van der Waals surface area (Å²) in [5.74, 6) is 1.37. The van der Waals surface area contributed by atoms with Gasteiger partial charge in [-0.1, -0.05) is 24.3 Å². The van der Waals surface area contributed by atoms with Crippen LogP contribution in [0.1, 0.15) is 28.8 Å². The van der Waals surface area contributed by atoms with Crippen LogP contribution in [0.2, 0.25) is 0 Å². The Morgan fingerprint density at radius 3 is 2.52 bits per heavy atom. The van der Waals surface area contributed by atoms with Crippen molar-refractivity contribution >= 4 is 11.8 Å². The van der Waals surface area contributed by atoms with Gasteiger partial charge in [0.05, 0.1) is 19.8 Å². The largest absolute Gasteiger partial charge is 0.497 e. The summed E-state index contributed by atoms with van der Waals surface area (Å²) in [5, 5.41) is 3.03. The van der Waals surface area contributed by atoms with Gasteiger partial charge in [0, 0.05) is 25.6 Å². The molecule has 3 rings (SSSR count). The molecular formula is C23H28N2O4. The molecule has 0 unspecified atom stereocenters. The second-order valence-electron chi connectivity index (χ2n) is 7.16. The van der Waals surface area contributed by atoms with Gasteiger partial charge in [-0.25, -0.2) is 0 Å². The van der Waals surface area contributed by atoms with Crippen molar-refractivity contribution in [2.45, 2.75) is 19.3 Å². The molecule has 0 bridgehead atoms. The molecule has 6 heteroatoms. The monoisotopic (exact) mass is 396 g/mol. The van der Waals surface area contributed by atoms with Gasteiger partial charge in [0.2, 0.25) is 5.91 Å². The normalized spacial score (nSPS) is 14.3. The van der Waals surface area contributed by atoms with Crippen LogP contribution in [0, 0.1) is 5.92 Å². The van der Waals surface area contributed by atoms with Gasteiger partial charge >= 0.3 is 0 Å². The van der Waals surface area contributed by atoms with E-state index in [9.17, 15) is 9.59 Å². The Bertz CT molecular complexity index is 844. The van der Waals surface area contributed by atoms with Crippen LogP contribution in [-0.2, 0) is 11.2 Å². The highest BCUT2D eigenvalue weighted by Crippen LogP contribution is 2.23. The van der Waals surface area contributed by atoms with E-state index in [-0.39, 0.29) is 17.7 Å². The number of ether oxygens (including phenoxy) is 2. The number of piperidine rings is 1. The molecule has 1 aliphatic heterocycles. The number of hydrogen-bond acceptors (Lipinski definition) is 4. The summed E-state index contributed by atoms with van der Waals surface area (Å²) in [7, 11) is 3.21. The minimum atomic E-state index is -0.0537. The fraction of sp³-hybridized carbons (Fsp3) is 0.391. The van der Waals surface area contributed by atoms with Gasteiger partial charge in [-0.15, -0.1) is 0 Å². The standard InChI is InChI=1S/C23H28N2O4/c1-28-19-7-5-6-17(16-19)10-13-24-22(26)18-11-14-25(15-12-18)23(27)20-8-3-4-9-21(20)29-2/h3-9,16,18H,10-15H2,1-2H3,(H,24,26).